The van der Waals surface area contributed by atoms with Gasteiger partial charge in [-0.1, -0.05) is 12.1 Å². The first-order valence-electron chi connectivity index (χ1n) is 12.0. The summed E-state index contributed by atoms with van der Waals surface area (Å²) in [7, 11) is -3.71. The summed E-state index contributed by atoms with van der Waals surface area (Å²) in [6, 6.07) is 6.84. The van der Waals surface area contributed by atoms with Crippen LogP contribution in [0.15, 0.2) is 29.2 Å². The van der Waals surface area contributed by atoms with Gasteiger partial charge < -0.3 is 20.2 Å². The molecule has 1 aromatic carbocycles. The molecule has 2 amide bonds. The summed E-state index contributed by atoms with van der Waals surface area (Å²) in [5, 5.41) is 10.3. The highest BCUT2D eigenvalue weighted by Gasteiger charge is 2.38. The van der Waals surface area contributed by atoms with Crippen LogP contribution in [0.5, 0.6) is 0 Å². The molecule has 0 atom stereocenters. The average Bonchev–Trinajstić information content (AvgIpc) is 3.25. The average molecular weight is 551 g/mol. The smallest absolute Gasteiger partial charge is 0.475 e. The highest BCUT2D eigenvalue weighted by atomic mass is 32.2. The van der Waals surface area contributed by atoms with E-state index in [0.29, 0.717) is 32.5 Å². The molecule has 0 spiro atoms. The number of carboxylic acids is 1. The van der Waals surface area contributed by atoms with E-state index in [1.165, 1.54) is 4.31 Å². The van der Waals surface area contributed by atoms with Crippen molar-refractivity contribution in [3.05, 3.63) is 29.8 Å². The van der Waals surface area contributed by atoms with Crippen molar-refractivity contribution in [1.29, 1.82) is 0 Å². The minimum atomic E-state index is -5.08. The van der Waals surface area contributed by atoms with Gasteiger partial charge in [0.25, 0.3) is 0 Å². The molecule has 2 heterocycles. The number of carboxylic acid groups (broad SMARTS) is 1. The van der Waals surface area contributed by atoms with Crippen LogP contribution in [-0.4, -0.2) is 104 Å². The van der Waals surface area contributed by atoms with Crippen LogP contribution in [0.25, 0.3) is 0 Å². The lowest BCUT2D eigenvalue weighted by Crippen LogP contribution is -2.47. The molecule has 2 N–H and O–H groups in total. The molecule has 208 valence electrons. The maximum absolute atomic E-state index is 13.3. The molecule has 0 unspecified atom stereocenters. The molecule has 14 heteroatoms. The summed E-state index contributed by atoms with van der Waals surface area (Å²) >= 11 is 0. The number of piperazine rings is 1. The summed E-state index contributed by atoms with van der Waals surface area (Å²) in [6.45, 7) is 6.41. The summed E-state index contributed by atoms with van der Waals surface area (Å²) in [6.07, 6.45) is -2.93. The van der Waals surface area contributed by atoms with Crippen molar-refractivity contribution in [3.8, 4) is 0 Å². The van der Waals surface area contributed by atoms with Crippen LogP contribution in [0.2, 0.25) is 0 Å². The number of amides is 2. The van der Waals surface area contributed by atoms with Gasteiger partial charge in [0.2, 0.25) is 21.8 Å². The molecule has 0 saturated carbocycles. The van der Waals surface area contributed by atoms with Crippen molar-refractivity contribution < 1.29 is 41.1 Å². The second-order valence-corrected chi connectivity index (χ2v) is 10.7. The quantitative estimate of drug-likeness (QED) is 0.477. The number of rotatable bonds is 9. The lowest BCUT2D eigenvalue weighted by Gasteiger charge is -2.29. The van der Waals surface area contributed by atoms with Crippen LogP contribution in [-0.2, 0) is 24.4 Å². The maximum atomic E-state index is 13.3. The molecule has 2 aliphatic rings. The molecular weight excluding hydrogens is 517 g/mol. The van der Waals surface area contributed by atoms with E-state index in [1.54, 1.807) is 28.0 Å². The number of nitrogens with one attached hydrogen (secondary N) is 1. The SMILES string of the molecule is Cc1cccc(S(=O)(=O)N(CCCN2CCCC2=O)CCC(=O)N2CCNCC2)c1.O=C(O)C(F)(F)F. The third kappa shape index (κ3) is 9.59. The van der Waals surface area contributed by atoms with Crippen LogP contribution < -0.4 is 5.32 Å². The van der Waals surface area contributed by atoms with Crippen molar-refractivity contribution in [2.45, 2.75) is 43.7 Å². The minimum absolute atomic E-state index is 0.0179. The normalized spacial score (nSPS) is 16.5. The molecule has 0 bridgehead atoms. The van der Waals surface area contributed by atoms with E-state index in [2.05, 4.69) is 5.32 Å². The molecule has 2 saturated heterocycles. The topological polar surface area (TPSA) is 127 Å². The highest BCUT2D eigenvalue weighted by Crippen LogP contribution is 2.19. The zero-order chi connectivity index (χ0) is 27.6. The van der Waals surface area contributed by atoms with Crippen molar-refractivity contribution in [1.82, 2.24) is 19.4 Å². The Morgan fingerprint density at radius 1 is 1.14 bits per heavy atom. The molecule has 1 aromatic rings. The first-order chi connectivity index (χ1) is 17.3. The number of halogens is 3. The van der Waals surface area contributed by atoms with E-state index in [4.69, 9.17) is 9.90 Å². The van der Waals surface area contributed by atoms with E-state index in [0.717, 1.165) is 31.6 Å². The standard InChI is InChI=1S/C21H32N4O4S.C2HF3O2/c1-18-5-2-6-19(17-18)30(28,29)25(13-4-12-23-11-3-7-20(23)26)14-8-21(27)24-15-9-22-10-16-24;3-2(4,5)1(6)7/h2,5-6,17,22H,3-4,7-16H2,1H3;(H,6,7). The number of nitrogens with zero attached hydrogens (tertiary/aromatic N) is 3. The summed E-state index contributed by atoms with van der Waals surface area (Å²) in [4.78, 5) is 37.1. The van der Waals surface area contributed by atoms with Gasteiger partial charge in [-0.25, -0.2) is 13.2 Å². The van der Waals surface area contributed by atoms with E-state index >= 15 is 0 Å². The predicted octanol–water partition coefficient (Wildman–Crippen LogP) is 1.45. The van der Waals surface area contributed by atoms with E-state index in [9.17, 15) is 31.2 Å². The van der Waals surface area contributed by atoms with E-state index in [1.807, 2.05) is 13.0 Å². The van der Waals surface area contributed by atoms with Gasteiger partial charge in [0.15, 0.2) is 0 Å². The first kappa shape index (κ1) is 30.5. The Kier molecular flexibility index (Phi) is 11.3. The number of carbonyl (C=O) groups excluding carboxylic acids is 2. The third-order valence-corrected chi connectivity index (χ3v) is 7.82. The monoisotopic (exact) mass is 550 g/mol. The second-order valence-electron chi connectivity index (χ2n) is 8.74. The Balaban J connectivity index is 0.000000604. The number of alkyl halides is 3. The van der Waals surface area contributed by atoms with Gasteiger partial charge in [-0.15, -0.1) is 0 Å². The molecule has 2 fully saturated rings. The van der Waals surface area contributed by atoms with Gasteiger partial charge in [0, 0.05) is 65.2 Å². The minimum Gasteiger partial charge on any atom is -0.475 e. The Morgan fingerprint density at radius 2 is 1.78 bits per heavy atom. The molecule has 0 aromatic heterocycles. The molecule has 3 rings (SSSR count). The van der Waals surface area contributed by atoms with E-state index in [-0.39, 0.29) is 36.2 Å². The lowest BCUT2D eigenvalue weighted by atomic mass is 10.2. The zero-order valence-corrected chi connectivity index (χ0v) is 21.5. The zero-order valence-electron chi connectivity index (χ0n) is 20.7. The fourth-order valence-corrected chi connectivity index (χ4v) is 5.53. The fraction of sp³-hybridized carbons (Fsp3) is 0.609. The van der Waals surface area contributed by atoms with Gasteiger partial charge in [-0.2, -0.15) is 17.5 Å². The van der Waals surface area contributed by atoms with Gasteiger partial charge >= 0.3 is 12.1 Å². The van der Waals surface area contributed by atoms with Gasteiger partial charge in [-0.3, -0.25) is 9.59 Å². The molecular formula is C23H33F3N4O6S. The van der Waals surface area contributed by atoms with Crippen LogP contribution in [0, 0.1) is 6.92 Å². The summed E-state index contributed by atoms with van der Waals surface area (Å²) in [5.41, 5.74) is 0.871. The molecule has 0 aliphatic carbocycles. The Labute approximate surface area is 214 Å². The lowest BCUT2D eigenvalue weighted by molar-refractivity contribution is -0.192. The number of hydrogen-bond acceptors (Lipinski definition) is 6. The van der Waals surface area contributed by atoms with Crippen molar-refractivity contribution in [2.24, 2.45) is 0 Å². The van der Waals surface area contributed by atoms with Gasteiger partial charge in [0.05, 0.1) is 4.90 Å². The molecule has 0 radical (unpaired) electrons. The van der Waals surface area contributed by atoms with Gasteiger partial charge in [0.1, 0.15) is 0 Å². The number of aliphatic carboxylic acids is 1. The van der Waals surface area contributed by atoms with Crippen LogP contribution in [0.4, 0.5) is 13.2 Å². The molecule has 2 aliphatic heterocycles. The Bertz CT molecular complexity index is 1050. The fourth-order valence-electron chi connectivity index (χ4n) is 3.95. The van der Waals surface area contributed by atoms with Gasteiger partial charge in [-0.05, 0) is 37.5 Å². The predicted molar refractivity (Wildman–Crippen MR) is 128 cm³/mol. The van der Waals surface area contributed by atoms with Crippen LogP contribution in [0.3, 0.4) is 0 Å². The number of carbonyl (C=O) groups is 3. The number of aryl methyl sites for hydroxylation is 1. The Morgan fingerprint density at radius 3 is 2.32 bits per heavy atom. The van der Waals surface area contributed by atoms with Crippen molar-refractivity contribution >= 4 is 27.8 Å². The Hall–Kier alpha value is -2.71. The molecule has 37 heavy (non-hydrogen) atoms. The van der Waals surface area contributed by atoms with Crippen molar-refractivity contribution in [2.75, 3.05) is 52.4 Å². The third-order valence-electron chi connectivity index (χ3n) is 5.92. The van der Waals surface area contributed by atoms with Crippen molar-refractivity contribution in [3.63, 3.8) is 0 Å². The maximum Gasteiger partial charge on any atom is 0.490 e. The summed E-state index contributed by atoms with van der Waals surface area (Å²) in [5.74, 6) is -2.64. The second kappa shape index (κ2) is 13.7. The largest absolute Gasteiger partial charge is 0.490 e. The molecule has 10 nitrogen and oxygen atoms in total. The van der Waals surface area contributed by atoms with Crippen LogP contribution >= 0.6 is 0 Å². The number of hydrogen-bond donors (Lipinski definition) is 2. The summed E-state index contributed by atoms with van der Waals surface area (Å²) < 4.78 is 59.7. The number of sulfonamides is 1. The number of likely N-dealkylation sites (tertiary alicyclic amines) is 1. The highest BCUT2D eigenvalue weighted by molar-refractivity contribution is 7.89. The van der Waals surface area contributed by atoms with E-state index < -0.39 is 22.2 Å². The first-order valence-corrected chi connectivity index (χ1v) is 13.4. The number of benzene rings is 1. The van der Waals surface area contributed by atoms with Crippen LogP contribution in [0.1, 0.15) is 31.2 Å².